The molecule has 0 unspecified atom stereocenters. The quantitative estimate of drug-likeness (QED) is 0.803. The maximum absolute atomic E-state index is 12.2. The molecule has 0 bridgehead atoms. The van der Waals surface area contributed by atoms with E-state index in [1.807, 2.05) is 25.1 Å². The van der Waals surface area contributed by atoms with Crippen molar-refractivity contribution in [1.82, 2.24) is 14.5 Å². The van der Waals surface area contributed by atoms with E-state index in [2.05, 4.69) is 33.7 Å². The van der Waals surface area contributed by atoms with Gasteiger partial charge in [-0.25, -0.2) is 4.98 Å². The number of aryl methyl sites for hydroxylation is 1. The molecule has 2 aromatic heterocycles. The summed E-state index contributed by atoms with van der Waals surface area (Å²) < 4.78 is 2.18. The second-order valence-electron chi connectivity index (χ2n) is 5.52. The Balaban J connectivity index is 1.92. The van der Waals surface area contributed by atoms with Crippen LogP contribution in [0.4, 0.5) is 5.69 Å². The van der Waals surface area contributed by atoms with Gasteiger partial charge in [0.1, 0.15) is 5.82 Å². The second kappa shape index (κ2) is 5.60. The number of carbonyl (C=O) groups is 1. The molecule has 1 aromatic carbocycles. The molecular weight excluding hydrogens is 276 g/mol. The zero-order valence-corrected chi connectivity index (χ0v) is 12.9. The number of nitrogens with one attached hydrogen (secondary N) is 1. The molecule has 22 heavy (non-hydrogen) atoms. The van der Waals surface area contributed by atoms with Crippen molar-refractivity contribution < 1.29 is 4.79 Å². The van der Waals surface area contributed by atoms with Crippen molar-refractivity contribution in [3.05, 3.63) is 54.1 Å². The zero-order chi connectivity index (χ0) is 15.7. The van der Waals surface area contributed by atoms with E-state index >= 15 is 0 Å². The van der Waals surface area contributed by atoms with Gasteiger partial charge in [0.15, 0.2) is 0 Å². The lowest BCUT2D eigenvalue weighted by atomic mass is 10.2. The van der Waals surface area contributed by atoms with Crippen molar-refractivity contribution in [3.8, 4) is 0 Å². The van der Waals surface area contributed by atoms with Crippen LogP contribution in [-0.4, -0.2) is 20.4 Å². The number of nitrogens with zero attached hydrogens (tertiary/aromatic N) is 3. The highest BCUT2D eigenvalue weighted by atomic mass is 16.1. The van der Waals surface area contributed by atoms with Gasteiger partial charge in [-0.3, -0.25) is 9.78 Å². The number of amides is 1. The van der Waals surface area contributed by atoms with Gasteiger partial charge in [-0.2, -0.15) is 0 Å². The lowest BCUT2D eigenvalue weighted by molar-refractivity contribution is 0.102. The minimum atomic E-state index is -0.151. The average molecular weight is 294 g/mol. The van der Waals surface area contributed by atoms with Crippen LogP contribution in [0.25, 0.3) is 11.0 Å². The van der Waals surface area contributed by atoms with E-state index < -0.39 is 0 Å². The van der Waals surface area contributed by atoms with E-state index in [0.717, 1.165) is 22.5 Å². The molecular formula is C17H18N4O. The van der Waals surface area contributed by atoms with Crippen molar-refractivity contribution in [2.24, 2.45) is 0 Å². The summed E-state index contributed by atoms with van der Waals surface area (Å²) in [5, 5.41) is 2.89. The molecule has 0 aliphatic rings. The Bertz CT molecular complexity index is 821. The van der Waals surface area contributed by atoms with Gasteiger partial charge >= 0.3 is 0 Å². The van der Waals surface area contributed by atoms with Gasteiger partial charge in [-0.15, -0.1) is 0 Å². The minimum absolute atomic E-state index is 0.151. The molecule has 1 N–H and O–H groups in total. The van der Waals surface area contributed by atoms with E-state index in [1.54, 1.807) is 24.5 Å². The van der Waals surface area contributed by atoms with Crippen LogP contribution in [0.15, 0.2) is 42.7 Å². The fraction of sp³-hybridized carbons (Fsp3) is 0.235. The first-order chi connectivity index (χ1) is 10.6. The topological polar surface area (TPSA) is 59.8 Å². The first kappa shape index (κ1) is 14.3. The molecule has 0 spiro atoms. The number of hydrogen-bond donors (Lipinski definition) is 1. The first-order valence-electron chi connectivity index (χ1n) is 7.26. The summed E-state index contributed by atoms with van der Waals surface area (Å²) in [6.07, 6.45) is 3.21. The highest BCUT2D eigenvalue weighted by molar-refractivity contribution is 6.04. The Morgan fingerprint density at radius 1 is 1.18 bits per heavy atom. The van der Waals surface area contributed by atoms with Crippen molar-refractivity contribution in [3.63, 3.8) is 0 Å². The molecule has 0 atom stereocenters. The van der Waals surface area contributed by atoms with Crippen LogP contribution >= 0.6 is 0 Å². The number of aromatic nitrogens is 3. The fourth-order valence-corrected chi connectivity index (χ4v) is 2.66. The summed E-state index contributed by atoms with van der Waals surface area (Å²) in [5.74, 6) is 0.823. The number of benzene rings is 1. The number of hydrogen-bond acceptors (Lipinski definition) is 3. The van der Waals surface area contributed by atoms with Gasteiger partial charge in [0.25, 0.3) is 5.91 Å². The van der Waals surface area contributed by atoms with Gasteiger partial charge in [0.2, 0.25) is 0 Å². The number of rotatable bonds is 3. The van der Waals surface area contributed by atoms with E-state index in [-0.39, 0.29) is 5.91 Å². The number of pyridine rings is 1. The third kappa shape index (κ3) is 2.57. The van der Waals surface area contributed by atoms with Crippen LogP contribution in [-0.2, 0) is 0 Å². The number of carbonyl (C=O) groups excluding carboxylic acids is 1. The van der Waals surface area contributed by atoms with E-state index in [0.29, 0.717) is 11.6 Å². The van der Waals surface area contributed by atoms with Crippen LogP contribution < -0.4 is 5.32 Å². The third-order valence-electron chi connectivity index (χ3n) is 3.58. The Morgan fingerprint density at radius 3 is 2.59 bits per heavy atom. The van der Waals surface area contributed by atoms with Crippen molar-refractivity contribution in [2.75, 3.05) is 5.32 Å². The molecule has 3 aromatic rings. The van der Waals surface area contributed by atoms with E-state index in [1.165, 1.54) is 0 Å². The lowest BCUT2D eigenvalue weighted by Gasteiger charge is -2.11. The second-order valence-corrected chi connectivity index (χ2v) is 5.52. The minimum Gasteiger partial charge on any atom is -0.326 e. The largest absolute Gasteiger partial charge is 0.326 e. The van der Waals surface area contributed by atoms with Gasteiger partial charge in [-0.05, 0) is 51.1 Å². The Morgan fingerprint density at radius 2 is 1.91 bits per heavy atom. The highest BCUT2D eigenvalue weighted by Crippen LogP contribution is 2.23. The number of imidazole rings is 1. The normalized spacial score (nSPS) is 11.1. The van der Waals surface area contributed by atoms with Crippen LogP contribution in [0.3, 0.4) is 0 Å². The standard InChI is InChI=1S/C17H18N4O/c1-11(2)21-12(3)19-15-10-14(4-5-16(15)21)20-17(22)13-6-8-18-9-7-13/h4-11H,1-3H3,(H,20,22). The molecule has 0 radical (unpaired) electrons. The molecule has 0 aliphatic heterocycles. The predicted molar refractivity (Wildman–Crippen MR) is 87.0 cm³/mol. The van der Waals surface area contributed by atoms with Crippen LogP contribution in [0.2, 0.25) is 0 Å². The molecule has 0 saturated heterocycles. The SMILES string of the molecule is Cc1nc2cc(NC(=O)c3ccncc3)ccc2n1C(C)C. The fourth-order valence-electron chi connectivity index (χ4n) is 2.66. The average Bonchev–Trinajstić information content (AvgIpc) is 2.83. The zero-order valence-electron chi connectivity index (χ0n) is 12.9. The maximum atomic E-state index is 12.2. The molecule has 5 heteroatoms. The smallest absolute Gasteiger partial charge is 0.255 e. The van der Waals surface area contributed by atoms with E-state index in [4.69, 9.17) is 0 Å². The molecule has 0 fully saturated rings. The number of fused-ring (bicyclic) bond motifs is 1. The molecule has 3 rings (SSSR count). The van der Waals surface area contributed by atoms with Crippen LogP contribution in [0.1, 0.15) is 36.1 Å². The molecule has 0 aliphatic carbocycles. The third-order valence-corrected chi connectivity index (χ3v) is 3.58. The van der Waals surface area contributed by atoms with Crippen molar-refractivity contribution in [2.45, 2.75) is 26.8 Å². The van der Waals surface area contributed by atoms with E-state index in [9.17, 15) is 4.79 Å². The Hall–Kier alpha value is -2.69. The molecule has 0 saturated carbocycles. The summed E-state index contributed by atoms with van der Waals surface area (Å²) in [7, 11) is 0. The van der Waals surface area contributed by atoms with Gasteiger partial charge in [0.05, 0.1) is 11.0 Å². The summed E-state index contributed by atoms with van der Waals surface area (Å²) in [6, 6.07) is 9.53. The molecule has 1 amide bonds. The van der Waals surface area contributed by atoms with Gasteiger partial charge in [-0.1, -0.05) is 0 Å². The summed E-state index contributed by atoms with van der Waals surface area (Å²) >= 11 is 0. The predicted octanol–water partition coefficient (Wildman–Crippen LogP) is 3.57. The van der Waals surface area contributed by atoms with Crippen molar-refractivity contribution >= 4 is 22.6 Å². The summed E-state index contributed by atoms with van der Waals surface area (Å²) in [4.78, 5) is 20.7. The Labute approximate surface area is 129 Å². The highest BCUT2D eigenvalue weighted by Gasteiger charge is 2.11. The lowest BCUT2D eigenvalue weighted by Crippen LogP contribution is -2.11. The number of anilines is 1. The summed E-state index contributed by atoms with van der Waals surface area (Å²) in [6.45, 7) is 6.26. The Kier molecular flexibility index (Phi) is 3.63. The maximum Gasteiger partial charge on any atom is 0.255 e. The van der Waals surface area contributed by atoms with Crippen LogP contribution in [0.5, 0.6) is 0 Å². The first-order valence-corrected chi connectivity index (χ1v) is 7.26. The summed E-state index contributed by atoms with van der Waals surface area (Å²) in [5.41, 5.74) is 3.29. The van der Waals surface area contributed by atoms with Gasteiger partial charge < -0.3 is 9.88 Å². The molecule has 5 nitrogen and oxygen atoms in total. The molecule has 112 valence electrons. The van der Waals surface area contributed by atoms with Gasteiger partial charge in [0, 0.05) is 29.7 Å². The van der Waals surface area contributed by atoms with Crippen molar-refractivity contribution in [1.29, 1.82) is 0 Å². The van der Waals surface area contributed by atoms with Crippen LogP contribution in [0, 0.1) is 6.92 Å². The monoisotopic (exact) mass is 294 g/mol. The molecule has 2 heterocycles.